The highest BCUT2D eigenvalue weighted by atomic mass is 32.2. The van der Waals surface area contributed by atoms with E-state index in [2.05, 4.69) is 29.1 Å². The van der Waals surface area contributed by atoms with Gasteiger partial charge in [-0.15, -0.1) is 11.3 Å². The molecule has 0 saturated carbocycles. The van der Waals surface area contributed by atoms with Crippen molar-refractivity contribution < 1.29 is 4.79 Å². The average molecular weight is 351 g/mol. The number of thioether (sulfide) groups is 1. The van der Waals surface area contributed by atoms with Crippen molar-refractivity contribution in [2.75, 3.05) is 25.9 Å². The molecule has 5 nitrogen and oxygen atoms in total. The monoisotopic (exact) mass is 350 g/mol. The molecule has 1 saturated heterocycles. The molecular weight excluding hydrogens is 328 g/mol. The van der Waals surface area contributed by atoms with Crippen molar-refractivity contribution in [3.8, 4) is 0 Å². The molecule has 0 spiro atoms. The Bertz CT molecular complexity index is 715. The maximum atomic E-state index is 12.5. The maximum Gasteiger partial charge on any atom is 0.233 e. The SMILES string of the molecule is CNC1CCCN(C(=O)CSc2ncnc3sc(C)c(C)c23)C1. The molecule has 3 heterocycles. The molecule has 1 aliphatic heterocycles. The Morgan fingerprint density at radius 3 is 3.09 bits per heavy atom. The maximum absolute atomic E-state index is 12.5. The van der Waals surface area contributed by atoms with Crippen molar-refractivity contribution >= 4 is 39.2 Å². The van der Waals surface area contributed by atoms with Crippen molar-refractivity contribution in [3.63, 3.8) is 0 Å². The predicted octanol–water partition coefficient (Wildman–Crippen LogP) is 2.61. The van der Waals surface area contributed by atoms with Gasteiger partial charge in [0.15, 0.2) is 0 Å². The number of likely N-dealkylation sites (N-methyl/N-ethyl adjacent to an activating group) is 1. The number of hydrogen-bond donors (Lipinski definition) is 1. The van der Waals surface area contributed by atoms with E-state index in [-0.39, 0.29) is 5.91 Å². The molecule has 2 aromatic heterocycles. The number of thiophene rings is 1. The zero-order valence-corrected chi connectivity index (χ0v) is 15.4. The molecule has 1 amide bonds. The van der Waals surface area contributed by atoms with E-state index in [1.807, 2.05) is 11.9 Å². The Labute approximate surface area is 144 Å². The zero-order chi connectivity index (χ0) is 16.4. The third-order valence-corrected chi connectivity index (χ3v) is 6.53. The molecule has 0 aromatic carbocycles. The van der Waals surface area contributed by atoms with Crippen LogP contribution >= 0.6 is 23.1 Å². The van der Waals surface area contributed by atoms with Crippen molar-refractivity contribution in [3.05, 3.63) is 16.8 Å². The van der Waals surface area contributed by atoms with Gasteiger partial charge in [-0.25, -0.2) is 9.97 Å². The van der Waals surface area contributed by atoms with Crippen LogP contribution in [0.3, 0.4) is 0 Å². The van der Waals surface area contributed by atoms with E-state index < -0.39 is 0 Å². The van der Waals surface area contributed by atoms with Crippen LogP contribution in [0.15, 0.2) is 11.4 Å². The predicted molar refractivity (Wildman–Crippen MR) is 96.3 cm³/mol. The van der Waals surface area contributed by atoms with Crippen LogP contribution in [0.25, 0.3) is 10.2 Å². The lowest BCUT2D eigenvalue weighted by atomic mass is 10.1. The van der Waals surface area contributed by atoms with E-state index in [0.717, 1.165) is 41.2 Å². The standard InChI is InChI=1S/C16H22N4OS2/c1-10-11(2)23-16-14(10)15(18-9-19-16)22-8-13(21)20-6-4-5-12(7-20)17-3/h9,12,17H,4-8H2,1-3H3. The van der Waals surface area contributed by atoms with Crippen LogP contribution in [0, 0.1) is 13.8 Å². The summed E-state index contributed by atoms with van der Waals surface area (Å²) in [7, 11) is 1.96. The molecule has 7 heteroatoms. The smallest absolute Gasteiger partial charge is 0.233 e. The Morgan fingerprint density at radius 1 is 1.48 bits per heavy atom. The molecule has 1 unspecified atom stereocenters. The number of carbonyl (C=O) groups excluding carboxylic acids is 1. The summed E-state index contributed by atoms with van der Waals surface area (Å²) in [6.45, 7) is 5.89. The Kier molecular flexibility index (Phi) is 5.18. The van der Waals surface area contributed by atoms with Gasteiger partial charge in [-0.2, -0.15) is 0 Å². The second kappa shape index (κ2) is 7.15. The number of amides is 1. The zero-order valence-electron chi connectivity index (χ0n) is 13.8. The first-order valence-electron chi connectivity index (χ1n) is 7.88. The fraction of sp³-hybridized carbons (Fsp3) is 0.562. The van der Waals surface area contributed by atoms with Crippen LogP contribution in [0.1, 0.15) is 23.3 Å². The minimum atomic E-state index is 0.200. The molecule has 1 N–H and O–H groups in total. The summed E-state index contributed by atoms with van der Waals surface area (Å²) < 4.78 is 0. The van der Waals surface area contributed by atoms with E-state index in [9.17, 15) is 4.79 Å². The van der Waals surface area contributed by atoms with Gasteiger partial charge in [-0.1, -0.05) is 11.8 Å². The number of rotatable bonds is 4. The highest BCUT2D eigenvalue weighted by Gasteiger charge is 2.23. The Balaban J connectivity index is 1.70. The molecular formula is C16H22N4OS2. The second-order valence-electron chi connectivity index (χ2n) is 5.90. The summed E-state index contributed by atoms with van der Waals surface area (Å²) in [5.41, 5.74) is 1.23. The molecule has 0 aliphatic carbocycles. The molecule has 3 rings (SSSR count). The van der Waals surface area contributed by atoms with Crippen LogP contribution in [-0.2, 0) is 4.79 Å². The summed E-state index contributed by atoms with van der Waals surface area (Å²) in [4.78, 5) is 25.5. The van der Waals surface area contributed by atoms with E-state index in [1.54, 1.807) is 17.7 Å². The third kappa shape index (κ3) is 3.51. The molecule has 1 fully saturated rings. The Morgan fingerprint density at radius 2 is 2.30 bits per heavy atom. The summed E-state index contributed by atoms with van der Waals surface area (Å²) in [6.07, 6.45) is 3.82. The summed E-state index contributed by atoms with van der Waals surface area (Å²) in [5.74, 6) is 0.642. The highest BCUT2D eigenvalue weighted by molar-refractivity contribution is 8.00. The molecule has 23 heavy (non-hydrogen) atoms. The fourth-order valence-electron chi connectivity index (χ4n) is 2.92. The number of nitrogens with one attached hydrogen (secondary N) is 1. The van der Waals surface area contributed by atoms with Gasteiger partial charge in [0.25, 0.3) is 0 Å². The van der Waals surface area contributed by atoms with Gasteiger partial charge in [0, 0.05) is 29.4 Å². The fourth-order valence-corrected chi connectivity index (χ4v) is 4.94. The van der Waals surface area contributed by atoms with Crippen molar-refractivity contribution in [1.82, 2.24) is 20.2 Å². The summed E-state index contributed by atoms with van der Waals surface area (Å²) in [6, 6.07) is 0.422. The van der Waals surface area contributed by atoms with Gasteiger partial charge >= 0.3 is 0 Å². The van der Waals surface area contributed by atoms with E-state index >= 15 is 0 Å². The van der Waals surface area contributed by atoms with Gasteiger partial charge in [-0.3, -0.25) is 4.79 Å². The van der Waals surface area contributed by atoms with Crippen molar-refractivity contribution in [1.29, 1.82) is 0 Å². The second-order valence-corrected chi connectivity index (χ2v) is 8.07. The minimum absolute atomic E-state index is 0.200. The molecule has 1 aliphatic rings. The minimum Gasteiger partial charge on any atom is -0.340 e. The number of likely N-dealkylation sites (tertiary alicyclic amines) is 1. The number of aromatic nitrogens is 2. The first kappa shape index (κ1) is 16.7. The lowest BCUT2D eigenvalue weighted by Crippen LogP contribution is -2.47. The van der Waals surface area contributed by atoms with Crippen LogP contribution in [0.4, 0.5) is 0 Å². The number of aryl methyl sites for hydroxylation is 2. The van der Waals surface area contributed by atoms with Gasteiger partial charge in [-0.05, 0) is 39.3 Å². The quantitative estimate of drug-likeness (QED) is 0.678. The summed E-state index contributed by atoms with van der Waals surface area (Å²) in [5, 5.41) is 5.31. The third-order valence-electron chi connectivity index (χ3n) is 4.45. The lowest BCUT2D eigenvalue weighted by Gasteiger charge is -2.32. The van der Waals surface area contributed by atoms with Gasteiger partial charge in [0.05, 0.1) is 5.75 Å². The van der Waals surface area contributed by atoms with Crippen molar-refractivity contribution in [2.45, 2.75) is 37.8 Å². The molecule has 0 bridgehead atoms. The number of piperidine rings is 1. The first-order valence-corrected chi connectivity index (χ1v) is 9.69. The van der Waals surface area contributed by atoms with Gasteiger partial charge in [0.1, 0.15) is 16.2 Å². The number of hydrogen-bond acceptors (Lipinski definition) is 6. The highest BCUT2D eigenvalue weighted by Crippen LogP contribution is 2.34. The van der Waals surface area contributed by atoms with E-state index in [1.165, 1.54) is 22.2 Å². The van der Waals surface area contributed by atoms with E-state index in [4.69, 9.17) is 0 Å². The van der Waals surface area contributed by atoms with Gasteiger partial charge in [0.2, 0.25) is 5.91 Å². The number of carbonyl (C=O) groups is 1. The number of nitrogens with zero attached hydrogens (tertiary/aromatic N) is 3. The molecule has 1 atom stereocenters. The van der Waals surface area contributed by atoms with Crippen LogP contribution in [0.5, 0.6) is 0 Å². The van der Waals surface area contributed by atoms with Gasteiger partial charge < -0.3 is 10.2 Å². The van der Waals surface area contributed by atoms with Crippen LogP contribution < -0.4 is 5.32 Å². The van der Waals surface area contributed by atoms with E-state index in [0.29, 0.717) is 11.8 Å². The Hall–Kier alpha value is -1.18. The summed E-state index contributed by atoms with van der Waals surface area (Å²) >= 11 is 3.22. The molecule has 124 valence electrons. The van der Waals surface area contributed by atoms with Crippen LogP contribution in [0.2, 0.25) is 0 Å². The largest absolute Gasteiger partial charge is 0.340 e. The number of fused-ring (bicyclic) bond motifs is 1. The normalized spacial score (nSPS) is 18.6. The lowest BCUT2D eigenvalue weighted by molar-refractivity contribution is -0.129. The van der Waals surface area contributed by atoms with Crippen LogP contribution in [-0.4, -0.2) is 52.7 Å². The topological polar surface area (TPSA) is 58.1 Å². The van der Waals surface area contributed by atoms with Crippen molar-refractivity contribution in [2.24, 2.45) is 0 Å². The average Bonchev–Trinajstić information content (AvgIpc) is 2.87. The first-order chi connectivity index (χ1) is 11.1. The molecule has 2 aromatic rings. The molecule has 0 radical (unpaired) electrons.